The number of para-hydroxylation sites is 3. The van der Waals surface area contributed by atoms with Gasteiger partial charge >= 0.3 is 0 Å². The molecule has 2 aromatic carbocycles. The van der Waals surface area contributed by atoms with Crippen molar-refractivity contribution in [2.45, 2.75) is 20.3 Å². The molecule has 3 aromatic rings. The minimum absolute atomic E-state index is 0.240. The molecule has 0 aliphatic carbocycles. The molecule has 1 aromatic heterocycles. The zero-order valence-corrected chi connectivity index (χ0v) is 16.1. The SMILES string of the molecule is CC(C)CCNc1ccc(C(=O)Nc2ccccc2Oc2ccccc2)nn1. The first-order valence-electron chi connectivity index (χ1n) is 9.32. The van der Waals surface area contributed by atoms with Crippen molar-refractivity contribution in [2.75, 3.05) is 17.2 Å². The number of amides is 1. The lowest BCUT2D eigenvalue weighted by molar-refractivity contribution is 0.102. The highest BCUT2D eigenvalue weighted by molar-refractivity contribution is 6.03. The largest absolute Gasteiger partial charge is 0.455 e. The van der Waals surface area contributed by atoms with E-state index in [2.05, 4.69) is 34.7 Å². The van der Waals surface area contributed by atoms with Crippen molar-refractivity contribution in [1.29, 1.82) is 0 Å². The second-order valence-corrected chi connectivity index (χ2v) is 6.78. The summed E-state index contributed by atoms with van der Waals surface area (Å²) >= 11 is 0. The van der Waals surface area contributed by atoms with Crippen LogP contribution in [0.1, 0.15) is 30.8 Å². The van der Waals surface area contributed by atoms with Crippen molar-refractivity contribution in [1.82, 2.24) is 10.2 Å². The van der Waals surface area contributed by atoms with Gasteiger partial charge in [-0.2, -0.15) is 0 Å². The molecule has 28 heavy (non-hydrogen) atoms. The number of hydrogen-bond acceptors (Lipinski definition) is 5. The maximum Gasteiger partial charge on any atom is 0.276 e. The predicted octanol–water partition coefficient (Wildman–Crippen LogP) is 4.98. The first-order valence-corrected chi connectivity index (χ1v) is 9.32. The van der Waals surface area contributed by atoms with Gasteiger partial charge in [0, 0.05) is 6.54 Å². The number of carbonyl (C=O) groups excluding carboxylic acids is 1. The molecule has 6 nitrogen and oxygen atoms in total. The van der Waals surface area contributed by atoms with E-state index >= 15 is 0 Å². The van der Waals surface area contributed by atoms with E-state index in [0.717, 1.165) is 13.0 Å². The number of hydrogen-bond donors (Lipinski definition) is 2. The molecule has 6 heteroatoms. The number of rotatable bonds is 8. The molecule has 2 N–H and O–H groups in total. The van der Waals surface area contributed by atoms with E-state index in [1.807, 2.05) is 42.5 Å². The average molecular weight is 376 g/mol. The Bertz CT molecular complexity index is 896. The summed E-state index contributed by atoms with van der Waals surface area (Å²) in [6, 6.07) is 20.1. The molecule has 144 valence electrons. The van der Waals surface area contributed by atoms with E-state index < -0.39 is 0 Å². The number of ether oxygens (including phenoxy) is 1. The van der Waals surface area contributed by atoms with Crippen LogP contribution in [0.5, 0.6) is 11.5 Å². The second kappa shape index (κ2) is 9.50. The van der Waals surface area contributed by atoms with Crippen molar-refractivity contribution < 1.29 is 9.53 Å². The number of anilines is 2. The summed E-state index contributed by atoms with van der Waals surface area (Å²) in [6.45, 7) is 5.16. The number of nitrogens with zero attached hydrogens (tertiary/aromatic N) is 2. The molecule has 0 fully saturated rings. The lowest BCUT2D eigenvalue weighted by Crippen LogP contribution is -2.15. The van der Waals surface area contributed by atoms with Crippen LogP contribution in [0.25, 0.3) is 0 Å². The number of carbonyl (C=O) groups is 1. The van der Waals surface area contributed by atoms with Gasteiger partial charge in [0.15, 0.2) is 11.4 Å². The molecule has 1 amide bonds. The van der Waals surface area contributed by atoms with Gasteiger partial charge in [-0.25, -0.2) is 0 Å². The molecule has 0 unspecified atom stereocenters. The van der Waals surface area contributed by atoms with Crippen molar-refractivity contribution in [3.8, 4) is 11.5 Å². The molecule has 0 aliphatic rings. The molecule has 1 heterocycles. The molecule has 0 bridgehead atoms. The van der Waals surface area contributed by atoms with E-state index in [1.54, 1.807) is 24.3 Å². The summed E-state index contributed by atoms with van der Waals surface area (Å²) in [6.07, 6.45) is 1.04. The fraction of sp³-hybridized carbons (Fsp3) is 0.227. The fourth-order valence-corrected chi connectivity index (χ4v) is 2.50. The van der Waals surface area contributed by atoms with Crippen molar-refractivity contribution in [3.63, 3.8) is 0 Å². The highest BCUT2D eigenvalue weighted by Crippen LogP contribution is 2.29. The lowest BCUT2D eigenvalue weighted by Gasteiger charge is -2.12. The Balaban J connectivity index is 1.65. The molecule has 0 saturated heterocycles. The third-order valence-corrected chi connectivity index (χ3v) is 4.03. The Morgan fingerprint density at radius 1 is 0.964 bits per heavy atom. The van der Waals surface area contributed by atoms with Gasteiger partial charge in [0.05, 0.1) is 5.69 Å². The summed E-state index contributed by atoms with van der Waals surface area (Å²) < 4.78 is 5.87. The third-order valence-electron chi connectivity index (χ3n) is 4.03. The molecule has 0 spiro atoms. The number of benzene rings is 2. The summed E-state index contributed by atoms with van der Waals surface area (Å²) in [5, 5.41) is 14.1. The maximum atomic E-state index is 12.5. The summed E-state index contributed by atoms with van der Waals surface area (Å²) in [5.41, 5.74) is 0.807. The molecule has 0 saturated carbocycles. The topological polar surface area (TPSA) is 76.1 Å². The minimum atomic E-state index is -0.342. The standard InChI is InChI=1S/C22H24N4O2/c1-16(2)14-15-23-21-13-12-19(25-26-21)22(27)24-18-10-6-7-11-20(18)28-17-8-4-3-5-9-17/h3-13,16H,14-15H2,1-2H3,(H,23,26)(H,24,27). The van der Waals surface area contributed by atoms with E-state index in [9.17, 15) is 4.79 Å². The number of aromatic nitrogens is 2. The van der Waals surface area contributed by atoms with Gasteiger partial charge < -0.3 is 15.4 Å². The monoisotopic (exact) mass is 376 g/mol. The van der Waals surface area contributed by atoms with Crippen LogP contribution in [-0.4, -0.2) is 22.6 Å². The van der Waals surface area contributed by atoms with Gasteiger partial charge in [0.1, 0.15) is 11.6 Å². The minimum Gasteiger partial charge on any atom is -0.455 e. The molecule has 0 atom stereocenters. The van der Waals surface area contributed by atoms with Crippen LogP contribution in [0, 0.1) is 5.92 Å². The van der Waals surface area contributed by atoms with Crippen LogP contribution in [0.4, 0.5) is 11.5 Å². The Morgan fingerprint density at radius 3 is 2.43 bits per heavy atom. The van der Waals surface area contributed by atoms with Gasteiger partial charge in [-0.3, -0.25) is 4.79 Å². The van der Waals surface area contributed by atoms with Crippen LogP contribution in [0.2, 0.25) is 0 Å². The van der Waals surface area contributed by atoms with Gasteiger partial charge in [0.25, 0.3) is 5.91 Å². The van der Waals surface area contributed by atoms with E-state index in [1.165, 1.54) is 0 Å². The lowest BCUT2D eigenvalue weighted by atomic mass is 10.1. The predicted molar refractivity (Wildman–Crippen MR) is 111 cm³/mol. The van der Waals surface area contributed by atoms with Crippen LogP contribution in [-0.2, 0) is 0 Å². The van der Waals surface area contributed by atoms with Crippen LogP contribution in [0.3, 0.4) is 0 Å². The Labute approximate surface area is 165 Å². The first-order chi connectivity index (χ1) is 13.6. The Morgan fingerprint density at radius 2 is 1.71 bits per heavy atom. The quantitative estimate of drug-likeness (QED) is 0.580. The Hall–Kier alpha value is -3.41. The van der Waals surface area contributed by atoms with E-state index in [0.29, 0.717) is 28.9 Å². The fourth-order valence-electron chi connectivity index (χ4n) is 2.50. The summed E-state index contributed by atoms with van der Waals surface area (Å²) in [4.78, 5) is 12.5. The van der Waals surface area contributed by atoms with Gasteiger partial charge in [-0.1, -0.05) is 44.2 Å². The third kappa shape index (κ3) is 5.54. The molecule has 0 radical (unpaired) electrons. The second-order valence-electron chi connectivity index (χ2n) is 6.78. The van der Waals surface area contributed by atoms with Crippen molar-refractivity contribution in [3.05, 3.63) is 72.4 Å². The number of nitrogens with one attached hydrogen (secondary N) is 2. The molecular formula is C22H24N4O2. The summed E-state index contributed by atoms with van der Waals surface area (Å²) in [7, 11) is 0. The maximum absolute atomic E-state index is 12.5. The van der Waals surface area contributed by atoms with Crippen molar-refractivity contribution >= 4 is 17.4 Å². The van der Waals surface area contributed by atoms with E-state index in [4.69, 9.17) is 4.74 Å². The highest BCUT2D eigenvalue weighted by atomic mass is 16.5. The normalized spacial score (nSPS) is 10.5. The molecular weight excluding hydrogens is 352 g/mol. The first kappa shape index (κ1) is 19.4. The average Bonchev–Trinajstić information content (AvgIpc) is 2.70. The zero-order valence-electron chi connectivity index (χ0n) is 16.1. The van der Waals surface area contributed by atoms with Crippen LogP contribution in [0.15, 0.2) is 66.7 Å². The van der Waals surface area contributed by atoms with Crippen molar-refractivity contribution in [2.24, 2.45) is 5.92 Å². The molecule has 0 aliphatic heterocycles. The highest BCUT2D eigenvalue weighted by Gasteiger charge is 2.12. The zero-order chi connectivity index (χ0) is 19.8. The van der Waals surface area contributed by atoms with Crippen LogP contribution < -0.4 is 15.4 Å². The van der Waals surface area contributed by atoms with Gasteiger partial charge in [0.2, 0.25) is 0 Å². The Kier molecular flexibility index (Phi) is 6.57. The summed E-state index contributed by atoms with van der Waals surface area (Å²) in [5.74, 6) is 2.18. The smallest absolute Gasteiger partial charge is 0.276 e. The van der Waals surface area contributed by atoms with E-state index in [-0.39, 0.29) is 11.6 Å². The van der Waals surface area contributed by atoms with Gasteiger partial charge in [-0.15, -0.1) is 10.2 Å². The molecule has 3 rings (SSSR count). The van der Waals surface area contributed by atoms with Crippen LogP contribution >= 0.6 is 0 Å². The van der Waals surface area contributed by atoms with Gasteiger partial charge in [-0.05, 0) is 48.7 Å².